The van der Waals surface area contributed by atoms with Crippen LogP contribution in [0.15, 0.2) is 36.4 Å². The van der Waals surface area contributed by atoms with Crippen LogP contribution in [0.4, 0.5) is 19.3 Å². The van der Waals surface area contributed by atoms with E-state index in [0.717, 1.165) is 13.0 Å². The highest BCUT2D eigenvalue weighted by atomic mass is 35.5. The minimum Gasteiger partial charge on any atom is -0.444 e. The van der Waals surface area contributed by atoms with Crippen molar-refractivity contribution in [2.45, 2.75) is 12.5 Å². The first-order chi connectivity index (χ1) is 12.3. The fourth-order valence-electron chi connectivity index (χ4n) is 3.01. The van der Waals surface area contributed by atoms with Gasteiger partial charge in [0.2, 0.25) is 0 Å². The van der Waals surface area contributed by atoms with E-state index in [1.54, 1.807) is 7.05 Å². The zero-order valence-corrected chi connectivity index (χ0v) is 15.3. The number of anilines is 1. The van der Waals surface area contributed by atoms with Crippen LogP contribution >= 0.6 is 11.6 Å². The Balaban J connectivity index is 1.89. The van der Waals surface area contributed by atoms with E-state index in [1.807, 2.05) is 7.05 Å². The topological polar surface area (TPSA) is 32.8 Å². The molecule has 0 aliphatic carbocycles. The van der Waals surface area contributed by atoms with E-state index in [0.29, 0.717) is 23.4 Å². The average molecular weight is 381 g/mol. The molecule has 1 aliphatic rings. The van der Waals surface area contributed by atoms with Gasteiger partial charge in [0.1, 0.15) is 17.7 Å². The molecule has 1 aliphatic heterocycles. The largest absolute Gasteiger partial charge is 0.444 e. The third kappa shape index (κ3) is 3.97. The Labute approximate surface area is 155 Å². The molecule has 0 saturated carbocycles. The predicted molar refractivity (Wildman–Crippen MR) is 97.6 cm³/mol. The second-order valence-corrected chi connectivity index (χ2v) is 6.81. The fourth-order valence-corrected chi connectivity index (χ4v) is 3.19. The highest BCUT2D eigenvalue weighted by molar-refractivity contribution is 6.31. The summed E-state index contributed by atoms with van der Waals surface area (Å²) in [5.41, 5.74) is 1.38. The van der Waals surface area contributed by atoms with Crippen LogP contribution in [0.25, 0.3) is 11.1 Å². The predicted octanol–water partition coefficient (Wildman–Crippen LogP) is 4.56. The summed E-state index contributed by atoms with van der Waals surface area (Å²) in [6.45, 7) is 1.56. The van der Waals surface area contributed by atoms with Gasteiger partial charge in [-0.3, -0.25) is 4.90 Å². The lowest BCUT2D eigenvalue weighted by Crippen LogP contribution is -2.32. The van der Waals surface area contributed by atoms with Gasteiger partial charge < -0.3 is 9.64 Å². The zero-order valence-electron chi connectivity index (χ0n) is 14.5. The fraction of sp³-hybridized carbons (Fsp3) is 0.316. The molecule has 26 heavy (non-hydrogen) atoms. The molecule has 1 heterocycles. The molecule has 7 heteroatoms. The maximum absolute atomic E-state index is 13.8. The van der Waals surface area contributed by atoms with Crippen molar-refractivity contribution in [3.05, 3.63) is 53.1 Å². The van der Waals surface area contributed by atoms with Crippen molar-refractivity contribution in [1.82, 2.24) is 4.90 Å². The number of rotatable bonds is 3. The van der Waals surface area contributed by atoms with E-state index in [9.17, 15) is 13.6 Å². The van der Waals surface area contributed by atoms with Gasteiger partial charge in [-0.05, 0) is 49.4 Å². The highest BCUT2D eigenvalue weighted by Crippen LogP contribution is 2.33. The van der Waals surface area contributed by atoms with E-state index >= 15 is 0 Å². The third-order valence-corrected chi connectivity index (χ3v) is 4.73. The van der Waals surface area contributed by atoms with Gasteiger partial charge in [-0.2, -0.15) is 0 Å². The second-order valence-electron chi connectivity index (χ2n) is 6.41. The third-order valence-electron chi connectivity index (χ3n) is 4.44. The van der Waals surface area contributed by atoms with E-state index < -0.39 is 17.7 Å². The Morgan fingerprint density at radius 3 is 2.69 bits per heavy atom. The van der Waals surface area contributed by atoms with Gasteiger partial charge in [0.05, 0.1) is 10.7 Å². The number of carbonyl (C=O) groups is 1. The summed E-state index contributed by atoms with van der Waals surface area (Å²) in [4.78, 5) is 15.9. The van der Waals surface area contributed by atoms with Crippen molar-refractivity contribution < 1.29 is 18.3 Å². The standard InChI is InChI=1S/C19H19ClF2N2O2/c1-23-8-7-14(11-23)26-19(25)24(2)18-6-4-13(21)10-15(18)12-3-5-17(22)16(20)9-12/h3-6,9-10,14H,7-8,11H2,1-2H3/t14-/m1/s1. The van der Waals surface area contributed by atoms with Crippen LogP contribution in [0.2, 0.25) is 5.02 Å². The maximum atomic E-state index is 13.8. The molecule has 138 valence electrons. The Hall–Kier alpha value is -2.18. The van der Waals surface area contributed by atoms with Crippen LogP contribution in [0.1, 0.15) is 6.42 Å². The van der Waals surface area contributed by atoms with E-state index in [2.05, 4.69) is 4.90 Å². The van der Waals surface area contributed by atoms with Crippen LogP contribution in [0.5, 0.6) is 0 Å². The molecule has 4 nitrogen and oxygen atoms in total. The smallest absolute Gasteiger partial charge is 0.414 e. The summed E-state index contributed by atoms with van der Waals surface area (Å²) in [5.74, 6) is -1.03. The zero-order chi connectivity index (χ0) is 18.8. The molecule has 1 amide bonds. The van der Waals surface area contributed by atoms with Crippen LogP contribution in [0.3, 0.4) is 0 Å². The number of likely N-dealkylation sites (N-methyl/N-ethyl adjacent to an activating group) is 1. The van der Waals surface area contributed by atoms with Gasteiger partial charge in [-0.25, -0.2) is 13.6 Å². The van der Waals surface area contributed by atoms with Crippen molar-refractivity contribution in [3.8, 4) is 11.1 Å². The summed E-state index contributed by atoms with van der Waals surface area (Å²) < 4.78 is 32.8. The number of hydrogen-bond acceptors (Lipinski definition) is 3. The molecule has 0 unspecified atom stereocenters. The van der Waals surface area contributed by atoms with Crippen molar-refractivity contribution in [2.24, 2.45) is 0 Å². The lowest BCUT2D eigenvalue weighted by Gasteiger charge is -2.23. The Morgan fingerprint density at radius 1 is 1.27 bits per heavy atom. The van der Waals surface area contributed by atoms with Gasteiger partial charge in [-0.15, -0.1) is 0 Å². The molecule has 0 N–H and O–H groups in total. The molecule has 3 rings (SSSR count). The summed E-state index contributed by atoms with van der Waals surface area (Å²) in [6.07, 6.45) is 0.0883. The molecule has 2 aromatic rings. The van der Waals surface area contributed by atoms with E-state index in [1.165, 1.54) is 41.3 Å². The molecule has 2 aromatic carbocycles. The number of benzene rings is 2. The summed E-state index contributed by atoms with van der Waals surface area (Å²) >= 11 is 5.85. The second kappa shape index (κ2) is 7.60. The lowest BCUT2D eigenvalue weighted by molar-refractivity contribution is 0.110. The van der Waals surface area contributed by atoms with Crippen LogP contribution in [-0.4, -0.2) is 44.3 Å². The summed E-state index contributed by atoms with van der Waals surface area (Å²) in [7, 11) is 3.52. The Kier molecular flexibility index (Phi) is 5.44. The van der Waals surface area contributed by atoms with Gasteiger partial charge in [0, 0.05) is 25.7 Å². The molecular weight excluding hydrogens is 362 g/mol. The number of ether oxygens (including phenoxy) is 1. The molecule has 1 atom stereocenters. The number of halogens is 3. The minimum atomic E-state index is -0.563. The van der Waals surface area contributed by atoms with E-state index in [4.69, 9.17) is 16.3 Å². The first-order valence-electron chi connectivity index (χ1n) is 8.23. The van der Waals surface area contributed by atoms with Gasteiger partial charge in [0.25, 0.3) is 0 Å². The maximum Gasteiger partial charge on any atom is 0.414 e. The number of carbonyl (C=O) groups excluding carboxylic acids is 1. The van der Waals surface area contributed by atoms with Crippen LogP contribution < -0.4 is 4.90 Å². The average Bonchev–Trinajstić information content (AvgIpc) is 3.01. The number of nitrogens with zero attached hydrogens (tertiary/aromatic N) is 2. The molecule has 1 saturated heterocycles. The molecule has 0 aromatic heterocycles. The van der Waals surface area contributed by atoms with Gasteiger partial charge in [-0.1, -0.05) is 17.7 Å². The molecule has 0 spiro atoms. The molecular formula is C19H19ClF2N2O2. The van der Waals surface area contributed by atoms with Gasteiger partial charge >= 0.3 is 6.09 Å². The Bertz CT molecular complexity index is 831. The van der Waals surface area contributed by atoms with Crippen molar-refractivity contribution in [2.75, 3.05) is 32.1 Å². The van der Waals surface area contributed by atoms with Crippen LogP contribution in [-0.2, 0) is 4.74 Å². The SMILES string of the molecule is CN1CC[C@@H](OC(=O)N(C)c2ccc(F)cc2-c2ccc(F)c(Cl)c2)C1. The monoisotopic (exact) mass is 380 g/mol. The van der Waals surface area contributed by atoms with Crippen molar-refractivity contribution in [1.29, 1.82) is 0 Å². The molecule has 0 radical (unpaired) electrons. The first kappa shape index (κ1) is 18.6. The minimum absolute atomic E-state index is 0.0723. The molecule has 1 fully saturated rings. The quantitative estimate of drug-likeness (QED) is 0.782. The molecule has 0 bridgehead atoms. The first-order valence-corrected chi connectivity index (χ1v) is 8.61. The highest BCUT2D eigenvalue weighted by Gasteiger charge is 2.26. The van der Waals surface area contributed by atoms with E-state index in [-0.39, 0.29) is 11.1 Å². The van der Waals surface area contributed by atoms with Crippen molar-refractivity contribution in [3.63, 3.8) is 0 Å². The Morgan fingerprint density at radius 2 is 2.04 bits per heavy atom. The summed E-state index contributed by atoms with van der Waals surface area (Å²) in [5, 5.41) is -0.0723. The normalized spacial score (nSPS) is 17.3. The lowest BCUT2D eigenvalue weighted by atomic mass is 10.0. The summed E-state index contributed by atoms with van der Waals surface area (Å²) in [6, 6.07) is 8.14. The van der Waals surface area contributed by atoms with Crippen LogP contribution in [0, 0.1) is 11.6 Å². The number of amides is 1. The number of hydrogen-bond donors (Lipinski definition) is 0. The van der Waals surface area contributed by atoms with Gasteiger partial charge in [0.15, 0.2) is 0 Å². The number of likely N-dealkylation sites (tertiary alicyclic amines) is 1. The van der Waals surface area contributed by atoms with Crippen molar-refractivity contribution >= 4 is 23.4 Å².